The Morgan fingerprint density at radius 1 is 0.520 bits per heavy atom. The predicted molar refractivity (Wildman–Crippen MR) is 110 cm³/mol. The molecule has 138 valence electrons. The molecule has 1 aromatic carbocycles. The molecule has 3 fully saturated rings. The Morgan fingerprint density at radius 2 is 0.960 bits per heavy atom. The molecule has 0 heterocycles. The topological polar surface area (TPSA) is 0 Å². The molecule has 25 heavy (non-hydrogen) atoms. The molecule has 0 N–H and O–H groups in total. The lowest BCUT2D eigenvalue weighted by Gasteiger charge is -2.40. The van der Waals surface area contributed by atoms with E-state index in [0.717, 1.165) is 34.5 Å². The Morgan fingerprint density at radius 3 is 1.48 bits per heavy atom. The first kappa shape index (κ1) is 18.0. The largest absolute Gasteiger partial charge is 0.143 e. The lowest BCUT2D eigenvalue weighted by atomic mass is 9.65. The van der Waals surface area contributed by atoms with E-state index in [9.17, 15) is 0 Å². The van der Waals surface area contributed by atoms with Crippen LogP contribution in [-0.2, 0) is 0 Å². The zero-order chi connectivity index (χ0) is 17.1. The highest BCUT2D eigenvalue weighted by molar-refractivity contribution is 7.80. The summed E-state index contributed by atoms with van der Waals surface area (Å²) in [6.45, 7) is 0. The molecule has 3 aliphatic rings. The second-order valence-corrected chi connectivity index (χ2v) is 9.79. The van der Waals surface area contributed by atoms with Gasteiger partial charge in [-0.1, -0.05) is 44.2 Å². The van der Waals surface area contributed by atoms with E-state index in [0.29, 0.717) is 0 Å². The summed E-state index contributed by atoms with van der Waals surface area (Å²) in [6.07, 6.45) is 19.6. The van der Waals surface area contributed by atoms with Crippen molar-refractivity contribution >= 4 is 12.6 Å². The van der Waals surface area contributed by atoms with Crippen LogP contribution in [-0.4, -0.2) is 0 Å². The Labute approximate surface area is 160 Å². The first-order valence-electron chi connectivity index (χ1n) is 11.1. The molecule has 0 bridgehead atoms. The van der Waals surface area contributed by atoms with Crippen LogP contribution in [0.15, 0.2) is 29.2 Å². The van der Waals surface area contributed by atoms with Crippen molar-refractivity contribution in [1.82, 2.24) is 0 Å². The van der Waals surface area contributed by atoms with Crippen LogP contribution in [0, 0.1) is 23.7 Å². The fourth-order valence-corrected chi connectivity index (χ4v) is 6.51. The molecule has 0 aromatic heterocycles. The summed E-state index contributed by atoms with van der Waals surface area (Å²) in [5.41, 5.74) is 1.55. The predicted octanol–water partition coefficient (Wildman–Crippen LogP) is 7.64. The normalized spacial score (nSPS) is 34.8. The minimum atomic E-state index is 0.809. The van der Waals surface area contributed by atoms with Gasteiger partial charge < -0.3 is 0 Å². The first-order chi connectivity index (χ1) is 12.3. The molecule has 0 nitrogen and oxygen atoms in total. The van der Waals surface area contributed by atoms with Crippen LogP contribution in [0.1, 0.15) is 95.0 Å². The first-order valence-corrected chi connectivity index (χ1v) is 11.5. The van der Waals surface area contributed by atoms with E-state index in [2.05, 4.69) is 36.9 Å². The second-order valence-electron chi connectivity index (χ2n) is 9.28. The molecule has 3 saturated carbocycles. The van der Waals surface area contributed by atoms with Gasteiger partial charge in [0.05, 0.1) is 0 Å². The number of hydrogen-bond donors (Lipinski definition) is 1. The lowest BCUT2D eigenvalue weighted by Crippen LogP contribution is -2.28. The van der Waals surface area contributed by atoms with E-state index in [1.165, 1.54) is 44.9 Å². The van der Waals surface area contributed by atoms with Crippen molar-refractivity contribution in [3.8, 4) is 0 Å². The van der Waals surface area contributed by atoms with Crippen LogP contribution < -0.4 is 0 Å². The molecule has 0 atom stereocenters. The fourth-order valence-electron chi connectivity index (χ4n) is 6.36. The van der Waals surface area contributed by atoms with Crippen LogP contribution in [0.3, 0.4) is 0 Å². The van der Waals surface area contributed by atoms with Gasteiger partial charge in [0, 0.05) is 4.90 Å². The van der Waals surface area contributed by atoms with Gasteiger partial charge in [-0.3, -0.25) is 0 Å². The quantitative estimate of drug-likeness (QED) is 0.529. The van der Waals surface area contributed by atoms with E-state index in [1.807, 2.05) is 0 Å². The maximum atomic E-state index is 4.42. The standard InChI is InChI=1S/C24H36S/c25-24-16-14-23(15-17-24)22-12-10-21(11-13-22)20-8-6-19(7-9-20)18-4-2-1-3-5-18/h14-22,25H,1-13H2. The van der Waals surface area contributed by atoms with Crippen molar-refractivity contribution in [3.05, 3.63) is 29.8 Å². The second kappa shape index (κ2) is 8.51. The molecule has 0 amide bonds. The van der Waals surface area contributed by atoms with E-state index >= 15 is 0 Å². The summed E-state index contributed by atoms with van der Waals surface area (Å²) in [6, 6.07) is 8.94. The van der Waals surface area contributed by atoms with Gasteiger partial charge in [-0.2, -0.15) is 0 Å². The third kappa shape index (κ3) is 4.46. The van der Waals surface area contributed by atoms with Gasteiger partial charge in [0.15, 0.2) is 0 Å². The van der Waals surface area contributed by atoms with Crippen LogP contribution in [0.25, 0.3) is 0 Å². The zero-order valence-electron chi connectivity index (χ0n) is 15.8. The van der Waals surface area contributed by atoms with Gasteiger partial charge in [-0.25, -0.2) is 0 Å². The van der Waals surface area contributed by atoms with E-state index in [-0.39, 0.29) is 0 Å². The Bertz CT molecular complexity index is 512. The van der Waals surface area contributed by atoms with Gasteiger partial charge >= 0.3 is 0 Å². The number of rotatable bonds is 3. The van der Waals surface area contributed by atoms with Gasteiger partial charge in [0.2, 0.25) is 0 Å². The van der Waals surface area contributed by atoms with Gasteiger partial charge in [-0.15, -0.1) is 12.6 Å². The van der Waals surface area contributed by atoms with Crippen molar-refractivity contribution < 1.29 is 0 Å². The van der Waals surface area contributed by atoms with Gasteiger partial charge in [-0.05, 0) is 98.7 Å². The average molecular weight is 357 g/mol. The number of benzene rings is 1. The molecule has 1 heteroatoms. The van der Waals surface area contributed by atoms with Crippen molar-refractivity contribution in [1.29, 1.82) is 0 Å². The van der Waals surface area contributed by atoms with E-state index in [1.54, 1.807) is 44.1 Å². The van der Waals surface area contributed by atoms with Crippen LogP contribution >= 0.6 is 12.6 Å². The molecule has 0 spiro atoms. The van der Waals surface area contributed by atoms with Crippen LogP contribution in [0.4, 0.5) is 0 Å². The third-order valence-electron chi connectivity index (χ3n) is 7.94. The van der Waals surface area contributed by atoms with Crippen LogP contribution in [0.5, 0.6) is 0 Å². The fraction of sp³-hybridized carbons (Fsp3) is 0.750. The van der Waals surface area contributed by atoms with Crippen molar-refractivity contribution in [2.75, 3.05) is 0 Å². The maximum absolute atomic E-state index is 4.42. The molecule has 0 aliphatic heterocycles. The summed E-state index contributed by atoms with van der Waals surface area (Å²) in [5.74, 6) is 5.09. The van der Waals surface area contributed by atoms with Crippen molar-refractivity contribution in [2.45, 2.75) is 94.3 Å². The summed E-state index contributed by atoms with van der Waals surface area (Å²) in [4.78, 5) is 1.09. The summed E-state index contributed by atoms with van der Waals surface area (Å²) < 4.78 is 0. The summed E-state index contributed by atoms with van der Waals surface area (Å²) >= 11 is 4.42. The molecule has 1 aromatic rings. The highest BCUT2D eigenvalue weighted by Gasteiger charge is 2.33. The SMILES string of the molecule is Sc1ccc(C2CCC(C3CCC(C4CCCCC4)CC3)CC2)cc1. The van der Waals surface area contributed by atoms with Crippen LogP contribution in [0.2, 0.25) is 0 Å². The Kier molecular flexibility index (Phi) is 6.11. The molecular formula is C24H36S. The highest BCUT2D eigenvalue weighted by atomic mass is 32.1. The average Bonchev–Trinajstić information content (AvgIpc) is 2.70. The van der Waals surface area contributed by atoms with Crippen molar-refractivity contribution in [3.63, 3.8) is 0 Å². The summed E-state index contributed by atoms with van der Waals surface area (Å²) in [5, 5.41) is 0. The van der Waals surface area contributed by atoms with E-state index in [4.69, 9.17) is 0 Å². The Balaban J connectivity index is 1.24. The van der Waals surface area contributed by atoms with Gasteiger partial charge in [0.1, 0.15) is 0 Å². The zero-order valence-corrected chi connectivity index (χ0v) is 16.7. The maximum Gasteiger partial charge on any atom is 0.00401 e. The third-order valence-corrected chi connectivity index (χ3v) is 8.23. The molecule has 4 rings (SSSR count). The number of hydrogen-bond acceptors (Lipinski definition) is 1. The molecule has 3 aliphatic carbocycles. The summed E-state index contributed by atoms with van der Waals surface area (Å²) in [7, 11) is 0. The molecule has 0 unspecified atom stereocenters. The molecule has 0 saturated heterocycles. The van der Waals surface area contributed by atoms with E-state index < -0.39 is 0 Å². The van der Waals surface area contributed by atoms with Crippen molar-refractivity contribution in [2.24, 2.45) is 23.7 Å². The minimum Gasteiger partial charge on any atom is -0.143 e. The number of thiol groups is 1. The minimum absolute atomic E-state index is 0.809. The highest BCUT2D eigenvalue weighted by Crippen LogP contribution is 2.46. The lowest BCUT2D eigenvalue weighted by molar-refractivity contribution is 0.119. The molecule has 0 radical (unpaired) electrons. The molecular weight excluding hydrogens is 320 g/mol. The van der Waals surface area contributed by atoms with Gasteiger partial charge in [0.25, 0.3) is 0 Å². The monoisotopic (exact) mass is 356 g/mol. The smallest absolute Gasteiger partial charge is 0.00401 e. The Hall–Kier alpha value is -0.430.